The minimum atomic E-state index is -0.350. The number of nitrogens with zero attached hydrogens (tertiary/aromatic N) is 4. The molecule has 25 heavy (non-hydrogen) atoms. The standard InChI is InChI=1S/C16H16ClN5O3/c1-9-14(10(2)22(3)20-9)18-13(23)8-24-16-19-15(21-25-16)11-6-4-5-7-12(11)17/h4-7H,8H2,1-3H3,(H,18,23). The molecule has 9 heteroatoms. The lowest BCUT2D eigenvalue weighted by molar-refractivity contribution is -0.118. The van der Waals surface area contributed by atoms with Crippen LogP contribution >= 0.6 is 11.6 Å². The topological polar surface area (TPSA) is 95.1 Å². The van der Waals surface area contributed by atoms with Crippen LogP contribution in [0.25, 0.3) is 11.4 Å². The molecule has 0 bridgehead atoms. The average molecular weight is 362 g/mol. The Balaban J connectivity index is 1.62. The van der Waals surface area contributed by atoms with Crippen molar-refractivity contribution in [2.24, 2.45) is 7.05 Å². The van der Waals surface area contributed by atoms with Crippen molar-refractivity contribution in [3.8, 4) is 17.5 Å². The number of benzene rings is 1. The number of ether oxygens (including phenoxy) is 1. The van der Waals surface area contributed by atoms with E-state index >= 15 is 0 Å². The molecular formula is C16H16ClN5O3. The summed E-state index contributed by atoms with van der Waals surface area (Å²) in [6.45, 7) is 3.42. The summed E-state index contributed by atoms with van der Waals surface area (Å²) in [5, 5.41) is 11.3. The fraction of sp³-hybridized carbons (Fsp3) is 0.250. The van der Waals surface area contributed by atoms with Gasteiger partial charge in [0.15, 0.2) is 6.61 Å². The van der Waals surface area contributed by atoms with Gasteiger partial charge in [-0.05, 0) is 26.0 Å². The molecule has 2 aromatic heterocycles. The number of carbonyl (C=O) groups excluding carboxylic acids is 1. The van der Waals surface area contributed by atoms with E-state index in [1.807, 2.05) is 27.0 Å². The molecule has 0 aliphatic rings. The Morgan fingerprint density at radius 3 is 2.80 bits per heavy atom. The molecule has 1 N–H and O–H groups in total. The molecule has 3 aromatic rings. The van der Waals surface area contributed by atoms with E-state index in [1.165, 1.54) is 0 Å². The zero-order valence-electron chi connectivity index (χ0n) is 13.9. The summed E-state index contributed by atoms with van der Waals surface area (Å²) in [5.74, 6) is -0.0587. The smallest absolute Gasteiger partial charge is 0.418 e. The summed E-state index contributed by atoms with van der Waals surface area (Å²) in [7, 11) is 1.81. The number of carbonyl (C=O) groups is 1. The van der Waals surface area contributed by atoms with Crippen LogP contribution in [0.15, 0.2) is 28.8 Å². The van der Waals surface area contributed by atoms with Gasteiger partial charge in [0.1, 0.15) is 0 Å². The number of halogens is 1. The monoisotopic (exact) mass is 361 g/mol. The first kappa shape index (κ1) is 17.0. The van der Waals surface area contributed by atoms with Gasteiger partial charge >= 0.3 is 6.08 Å². The van der Waals surface area contributed by atoms with E-state index in [0.29, 0.717) is 22.1 Å². The average Bonchev–Trinajstić information content (AvgIpc) is 3.14. The number of hydrogen-bond acceptors (Lipinski definition) is 6. The van der Waals surface area contributed by atoms with Crippen molar-refractivity contribution < 1.29 is 14.1 Å². The third kappa shape index (κ3) is 3.63. The van der Waals surface area contributed by atoms with Crippen LogP contribution in [0.5, 0.6) is 6.08 Å². The zero-order chi connectivity index (χ0) is 18.0. The molecule has 0 fully saturated rings. The Labute approximate surface area is 148 Å². The third-order valence-electron chi connectivity index (χ3n) is 3.62. The fourth-order valence-electron chi connectivity index (χ4n) is 2.28. The molecule has 8 nitrogen and oxygen atoms in total. The molecule has 0 saturated carbocycles. The molecular weight excluding hydrogens is 346 g/mol. The van der Waals surface area contributed by atoms with Crippen LogP contribution < -0.4 is 10.1 Å². The Bertz CT molecular complexity index is 918. The van der Waals surface area contributed by atoms with Crippen LogP contribution in [0.3, 0.4) is 0 Å². The number of aryl methyl sites for hydroxylation is 2. The summed E-state index contributed by atoms with van der Waals surface area (Å²) >= 11 is 6.08. The molecule has 3 rings (SSSR count). The lowest BCUT2D eigenvalue weighted by Crippen LogP contribution is -2.21. The van der Waals surface area contributed by atoms with Crippen LogP contribution in [0.1, 0.15) is 11.4 Å². The molecule has 0 aliphatic carbocycles. The Morgan fingerprint density at radius 1 is 1.36 bits per heavy atom. The Hall–Kier alpha value is -2.87. The van der Waals surface area contributed by atoms with Gasteiger partial charge in [-0.25, -0.2) is 0 Å². The van der Waals surface area contributed by atoms with Gasteiger partial charge in [-0.3, -0.25) is 14.0 Å². The number of aromatic nitrogens is 4. The highest BCUT2D eigenvalue weighted by Gasteiger charge is 2.16. The predicted octanol–water partition coefficient (Wildman–Crippen LogP) is 2.76. The zero-order valence-corrected chi connectivity index (χ0v) is 14.7. The van der Waals surface area contributed by atoms with Crippen LogP contribution in [-0.2, 0) is 11.8 Å². The van der Waals surface area contributed by atoms with Crippen molar-refractivity contribution in [1.82, 2.24) is 19.9 Å². The highest BCUT2D eigenvalue weighted by Crippen LogP contribution is 2.26. The van der Waals surface area contributed by atoms with Gasteiger partial charge in [-0.2, -0.15) is 10.1 Å². The van der Waals surface area contributed by atoms with Gasteiger partial charge in [0.25, 0.3) is 5.91 Å². The molecule has 1 amide bonds. The molecule has 0 saturated heterocycles. The first-order valence-corrected chi connectivity index (χ1v) is 7.85. The quantitative estimate of drug-likeness (QED) is 0.750. The van der Waals surface area contributed by atoms with Crippen molar-refractivity contribution in [2.45, 2.75) is 13.8 Å². The van der Waals surface area contributed by atoms with Crippen molar-refractivity contribution in [3.05, 3.63) is 40.7 Å². The highest BCUT2D eigenvalue weighted by atomic mass is 35.5. The van der Waals surface area contributed by atoms with Gasteiger partial charge < -0.3 is 10.1 Å². The Morgan fingerprint density at radius 2 is 2.12 bits per heavy atom. The summed E-state index contributed by atoms with van der Waals surface area (Å²) in [5.41, 5.74) is 2.86. The maximum absolute atomic E-state index is 12.0. The van der Waals surface area contributed by atoms with Crippen molar-refractivity contribution in [1.29, 1.82) is 0 Å². The molecule has 130 valence electrons. The van der Waals surface area contributed by atoms with E-state index in [4.69, 9.17) is 20.9 Å². The first-order valence-electron chi connectivity index (χ1n) is 7.47. The molecule has 0 aliphatic heterocycles. The molecule has 0 spiro atoms. The normalized spacial score (nSPS) is 10.7. The van der Waals surface area contributed by atoms with Gasteiger partial charge in [-0.1, -0.05) is 28.9 Å². The number of nitrogens with one attached hydrogen (secondary N) is 1. The van der Waals surface area contributed by atoms with Gasteiger partial charge in [0.05, 0.1) is 22.1 Å². The first-order chi connectivity index (χ1) is 12.0. The molecule has 0 radical (unpaired) electrons. The molecule has 1 aromatic carbocycles. The lowest BCUT2D eigenvalue weighted by atomic mass is 10.2. The number of anilines is 1. The summed E-state index contributed by atoms with van der Waals surface area (Å²) < 4.78 is 11.9. The predicted molar refractivity (Wildman–Crippen MR) is 91.6 cm³/mol. The van der Waals surface area contributed by atoms with Crippen LogP contribution in [0, 0.1) is 13.8 Å². The minimum Gasteiger partial charge on any atom is -0.439 e. The number of hydrogen-bond donors (Lipinski definition) is 1. The number of amides is 1. The maximum Gasteiger partial charge on any atom is 0.418 e. The largest absolute Gasteiger partial charge is 0.439 e. The van der Waals surface area contributed by atoms with Gasteiger partial charge in [0.2, 0.25) is 5.82 Å². The van der Waals surface area contributed by atoms with Crippen LogP contribution in [0.4, 0.5) is 5.69 Å². The van der Waals surface area contributed by atoms with Crippen molar-refractivity contribution in [3.63, 3.8) is 0 Å². The van der Waals surface area contributed by atoms with Gasteiger partial charge in [-0.15, -0.1) is 0 Å². The third-order valence-corrected chi connectivity index (χ3v) is 3.95. The van der Waals surface area contributed by atoms with E-state index in [2.05, 4.69) is 20.6 Å². The second-order valence-electron chi connectivity index (χ2n) is 5.37. The fourth-order valence-corrected chi connectivity index (χ4v) is 2.50. The van der Waals surface area contributed by atoms with Gasteiger partial charge in [0, 0.05) is 12.6 Å². The lowest BCUT2D eigenvalue weighted by Gasteiger charge is -2.05. The maximum atomic E-state index is 12.0. The molecule has 0 unspecified atom stereocenters. The van der Waals surface area contributed by atoms with E-state index in [-0.39, 0.29) is 18.6 Å². The second-order valence-corrected chi connectivity index (χ2v) is 5.78. The van der Waals surface area contributed by atoms with Crippen LogP contribution in [0.2, 0.25) is 5.02 Å². The van der Waals surface area contributed by atoms with E-state index in [0.717, 1.165) is 11.4 Å². The second kappa shape index (κ2) is 6.94. The number of rotatable bonds is 5. The summed E-state index contributed by atoms with van der Waals surface area (Å²) in [4.78, 5) is 16.1. The van der Waals surface area contributed by atoms with E-state index in [9.17, 15) is 4.79 Å². The van der Waals surface area contributed by atoms with Crippen LogP contribution in [-0.4, -0.2) is 32.4 Å². The minimum absolute atomic E-state index is 0.107. The molecule has 0 atom stereocenters. The highest BCUT2D eigenvalue weighted by molar-refractivity contribution is 6.33. The van der Waals surface area contributed by atoms with Crippen molar-refractivity contribution >= 4 is 23.2 Å². The summed E-state index contributed by atoms with van der Waals surface area (Å²) in [6, 6.07) is 7.09. The van der Waals surface area contributed by atoms with E-state index in [1.54, 1.807) is 22.9 Å². The SMILES string of the molecule is Cc1nn(C)c(C)c1NC(=O)COc1nc(-c2ccccc2Cl)no1. The van der Waals surface area contributed by atoms with E-state index < -0.39 is 0 Å². The summed E-state index contributed by atoms with van der Waals surface area (Å²) in [6.07, 6.45) is -0.107. The van der Waals surface area contributed by atoms with Crippen molar-refractivity contribution in [2.75, 3.05) is 11.9 Å². The Kier molecular flexibility index (Phi) is 4.71. The molecule has 2 heterocycles.